The Balaban J connectivity index is 2.05. The van der Waals surface area contributed by atoms with E-state index in [-0.39, 0.29) is 18.1 Å². The molecule has 0 fully saturated rings. The molecule has 0 aliphatic carbocycles. The number of ether oxygens (including phenoxy) is 1. The first-order valence-electron chi connectivity index (χ1n) is 5.96. The van der Waals surface area contributed by atoms with Crippen LogP contribution in [-0.2, 0) is 17.5 Å². The number of anilines is 1. The molecular weight excluding hydrogens is 287 g/mol. The molecule has 0 atom stereocenters. The van der Waals surface area contributed by atoms with Gasteiger partial charge in [0.25, 0.3) is 5.91 Å². The van der Waals surface area contributed by atoms with Crippen molar-refractivity contribution in [3.05, 3.63) is 53.5 Å². The second kappa shape index (κ2) is 6.01. The van der Waals surface area contributed by atoms with Crippen molar-refractivity contribution in [1.82, 2.24) is 0 Å². The molecular formula is C14H12F3NO3. The van der Waals surface area contributed by atoms with E-state index in [1.807, 2.05) is 0 Å². The van der Waals surface area contributed by atoms with Crippen LogP contribution < -0.4 is 5.32 Å². The van der Waals surface area contributed by atoms with Gasteiger partial charge in [0.05, 0.1) is 5.56 Å². The molecule has 4 nitrogen and oxygen atoms in total. The standard InChI is InChI=1S/C14H12F3NO3/c1-20-8-11-6-7-12(21-11)13(19)18-10-4-2-9(3-5-10)14(15,16)17/h2-7H,8H2,1H3,(H,18,19). The molecule has 112 valence electrons. The van der Waals surface area contributed by atoms with Crippen LogP contribution in [0, 0.1) is 0 Å². The SMILES string of the molecule is COCc1ccc(C(=O)Nc2ccc(C(F)(F)F)cc2)o1. The molecule has 0 aliphatic rings. The van der Waals surface area contributed by atoms with Crippen LogP contribution in [0.3, 0.4) is 0 Å². The van der Waals surface area contributed by atoms with E-state index in [9.17, 15) is 18.0 Å². The van der Waals surface area contributed by atoms with Gasteiger partial charge >= 0.3 is 6.18 Å². The van der Waals surface area contributed by atoms with Crippen LogP contribution in [0.2, 0.25) is 0 Å². The van der Waals surface area contributed by atoms with Gasteiger partial charge in [-0.3, -0.25) is 4.79 Å². The predicted molar refractivity (Wildman–Crippen MR) is 68.8 cm³/mol. The molecule has 1 amide bonds. The Morgan fingerprint density at radius 1 is 1.19 bits per heavy atom. The zero-order valence-electron chi connectivity index (χ0n) is 11.0. The minimum Gasteiger partial charge on any atom is -0.453 e. The van der Waals surface area contributed by atoms with Gasteiger partial charge in [-0.2, -0.15) is 13.2 Å². The summed E-state index contributed by atoms with van der Waals surface area (Å²) >= 11 is 0. The first kappa shape index (κ1) is 15.1. The second-order valence-electron chi connectivity index (χ2n) is 4.23. The summed E-state index contributed by atoms with van der Waals surface area (Å²) in [4.78, 5) is 11.8. The third kappa shape index (κ3) is 3.85. The van der Waals surface area contributed by atoms with Crippen molar-refractivity contribution in [3.8, 4) is 0 Å². The number of halogens is 3. The predicted octanol–water partition coefficient (Wildman–Crippen LogP) is 3.70. The Morgan fingerprint density at radius 3 is 2.43 bits per heavy atom. The van der Waals surface area contributed by atoms with Gasteiger partial charge in [-0.15, -0.1) is 0 Å². The molecule has 0 unspecified atom stereocenters. The lowest BCUT2D eigenvalue weighted by Gasteiger charge is -2.08. The fourth-order valence-electron chi connectivity index (χ4n) is 1.66. The number of carbonyl (C=O) groups is 1. The van der Waals surface area contributed by atoms with Gasteiger partial charge in [-0.25, -0.2) is 0 Å². The van der Waals surface area contributed by atoms with E-state index >= 15 is 0 Å². The van der Waals surface area contributed by atoms with Gasteiger partial charge < -0.3 is 14.5 Å². The van der Waals surface area contributed by atoms with Crippen molar-refractivity contribution in [2.45, 2.75) is 12.8 Å². The van der Waals surface area contributed by atoms with Crippen LogP contribution in [0.5, 0.6) is 0 Å². The van der Waals surface area contributed by atoms with Crippen LogP contribution in [0.4, 0.5) is 18.9 Å². The van der Waals surface area contributed by atoms with Crippen LogP contribution in [0.15, 0.2) is 40.8 Å². The molecule has 21 heavy (non-hydrogen) atoms. The number of hydrogen-bond donors (Lipinski definition) is 1. The van der Waals surface area contributed by atoms with Gasteiger partial charge in [0, 0.05) is 12.8 Å². The van der Waals surface area contributed by atoms with E-state index in [4.69, 9.17) is 9.15 Å². The van der Waals surface area contributed by atoms with Crippen molar-refractivity contribution < 1.29 is 27.1 Å². The van der Waals surface area contributed by atoms with E-state index in [1.165, 1.54) is 25.3 Å². The molecule has 2 rings (SSSR count). The fourth-order valence-corrected chi connectivity index (χ4v) is 1.66. The summed E-state index contributed by atoms with van der Waals surface area (Å²) in [6.07, 6.45) is -4.40. The van der Waals surface area contributed by atoms with Gasteiger partial charge in [-0.1, -0.05) is 0 Å². The Bertz CT molecular complexity index is 617. The summed E-state index contributed by atoms with van der Waals surface area (Å²) < 4.78 is 47.3. The summed E-state index contributed by atoms with van der Waals surface area (Å²) in [5.41, 5.74) is -0.529. The largest absolute Gasteiger partial charge is 0.453 e. The molecule has 1 N–H and O–H groups in total. The minimum atomic E-state index is -4.40. The summed E-state index contributed by atoms with van der Waals surface area (Å²) in [7, 11) is 1.49. The zero-order valence-corrected chi connectivity index (χ0v) is 11.0. The molecule has 0 saturated heterocycles. The third-order valence-corrected chi connectivity index (χ3v) is 2.64. The molecule has 0 aliphatic heterocycles. The maximum absolute atomic E-state index is 12.4. The van der Waals surface area contributed by atoms with Gasteiger partial charge in [0.15, 0.2) is 5.76 Å². The Morgan fingerprint density at radius 2 is 1.86 bits per heavy atom. The first-order chi connectivity index (χ1) is 9.90. The van der Waals surface area contributed by atoms with Crippen LogP contribution in [-0.4, -0.2) is 13.0 Å². The number of furan rings is 1. The molecule has 0 bridgehead atoms. The van der Waals surface area contributed by atoms with Crippen molar-refractivity contribution in [2.24, 2.45) is 0 Å². The minimum absolute atomic E-state index is 0.0574. The molecule has 0 saturated carbocycles. The van der Waals surface area contributed by atoms with Crippen molar-refractivity contribution in [1.29, 1.82) is 0 Å². The summed E-state index contributed by atoms with van der Waals surface area (Å²) in [6.45, 7) is 0.230. The maximum Gasteiger partial charge on any atom is 0.416 e. The normalized spacial score (nSPS) is 11.4. The number of hydrogen-bond acceptors (Lipinski definition) is 3. The van der Waals surface area contributed by atoms with Crippen molar-refractivity contribution in [2.75, 3.05) is 12.4 Å². The van der Waals surface area contributed by atoms with E-state index in [1.54, 1.807) is 6.07 Å². The molecule has 1 aromatic heterocycles. The highest BCUT2D eigenvalue weighted by atomic mass is 19.4. The van der Waals surface area contributed by atoms with Gasteiger partial charge in [-0.05, 0) is 36.4 Å². The molecule has 1 heterocycles. The maximum atomic E-state index is 12.4. The van der Waals surface area contributed by atoms with E-state index in [2.05, 4.69) is 5.32 Å². The smallest absolute Gasteiger partial charge is 0.416 e. The highest BCUT2D eigenvalue weighted by Gasteiger charge is 2.30. The first-order valence-corrected chi connectivity index (χ1v) is 5.96. The number of nitrogens with one attached hydrogen (secondary N) is 1. The zero-order chi connectivity index (χ0) is 15.5. The summed E-state index contributed by atoms with van der Waals surface area (Å²) in [5, 5.41) is 2.45. The highest BCUT2D eigenvalue weighted by molar-refractivity contribution is 6.02. The Labute approximate surface area is 118 Å². The van der Waals surface area contributed by atoms with Crippen LogP contribution >= 0.6 is 0 Å². The summed E-state index contributed by atoms with van der Waals surface area (Å²) in [5.74, 6) is -0.00544. The van der Waals surface area contributed by atoms with Crippen molar-refractivity contribution >= 4 is 11.6 Å². The lowest BCUT2D eigenvalue weighted by Crippen LogP contribution is -2.11. The topological polar surface area (TPSA) is 51.5 Å². The van der Waals surface area contributed by atoms with E-state index in [0.717, 1.165) is 12.1 Å². The number of rotatable bonds is 4. The van der Waals surface area contributed by atoms with Gasteiger partial charge in [0.2, 0.25) is 0 Å². The van der Waals surface area contributed by atoms with E-state index < -0.39 is 17.6 Å². The van der Waals surface area contributed by atoms with Crippen LogP contribution in [0.1, 0.15) is 21.9 Å². The molecule has 0 radical (unpaired) electrons. The number of amides is 1. The van der Waals surface area contributed by atoms with Crippen molar-refractivity contribution in [3.63, 3.8) is 0 Å². The number of methoxy groups -OCH3 is 1. The molecule has 0 spiro atoms. The van der Waals surface area contributed by atoms with Gasteiger partial charge in [0.1, 0.15) is 12.4 Å². The fraction of sp³-hybridized carbons (Fsp3) is 0.214. The Kier molecular flexibility index (Phi) is 4.32. The average molecular weight is 299 g/mol. The third-order valence-electron chi connectivity index (χ3n) is 2.64. The second-order valence-corrected chi connectivity index (χ2v) is 4.23. The molecule has 7 heteroatoms. The number of alkyl halides is 3. The number of benzene rings is 1. The highest BCUT2D eigenvalue weighted by Crippen LogP contribution is 2.29. The quantitative estimate of drug-likeness (QED) is 0.936. The monoisotopic (exact) mass is 299 g/mol. The number of carbonyl (C=O) groups excluding carboxylic acids is 1. The molecule has 1 aromatic carbocycles. The molecule has 2 aromatic rings. The summed E-state index contributed by atoms with van der Waals surface area (Å²) in [6, 6.07) is 7.21. The lowest BCUT2D eigenvalue weighted by atomic mass is 10.2. The van der Waals surface area contributed by atoms with E-state index in [0.29, 0.717) is 5.76 Å². The average Bonchev–Trinajstić information content (AvgIpc) is 2.87. The Hall–Kier alpha value is -2.28. The van der Waals surface area contributed by atoms with Crippen LogP contribution in [0.25, 0.3) is 0 Å². The lowest BCUT2D eigenvalue weighted by molar-refractivity contribution is -0.137.